The summed E-state index contributed by atoms with van der Waals surface area (Å²) in [5, 5.41) is 0. The van der Waals surface area contributed by atoms with Gasteiger partial charge in [0.2, 0.25) is 0 Å². The minimum absolute atomic E-state index is 0.239. The van der Waals surface area contributed by atoms with Gasteiger partial charge in [-0.05, 0) is 55.6 Å². The molecule has 2 aliphatic heterocycles. The maximum atomic E-state index is 6.14. The standard InChI is InChI=1S/C14H25NOS/c1-13(4-2-12(15)9-13)11-3-6-16-14(8-11)5-7-17-10-14/h11-12H,2-10,15H2,1H3. The van der Waals surface area contributed by atoms with Gasteiger partial charge in [-0.2, -0.15) is 11.8 Å². The summed E-state index contributed by atoms with van der Waals surface area (Å²) in [6.45, 7) is 3.46. The highest BCUT2D eigenvalue weighted by atomic mass is 32.2. The summed E-state index contributed by atoms with van der Waals surface area (Å²) >= 11 is 2.07. The zero-order valence-electron chi connectivity index (χ0n) is 10.9. The molecule has 3 aliphatic rings. The number of nitrogens with two attached hydrogens (primary N) is 1. The van der Waals surface area contributed by atoms with Crippen LogP contribution in [0.25, 0.3) is 0 Å². The van der Waals surface area contributed by atoms with E-state index in [2.05, 4.69) is 18.7 Å². The molecule has 3 rings (SSSR count). The topological polar surface area (TPSA) is 35.2 Å². The van der Waals surface area contributed by atoms with Gasteiger partial charge in [-0.25, -0.2) is 0 Å². The highest BCUT2D eigenvalue weighted by Crippen LogP contribution is 2.51. The molecule has 2 N–H and O–H groups in total. The van der Waals surface area contributed by atoms with E-state index in [1.54, 1.807) is 0 Å². The van der Waals surface area contributed by atoms with Crippen molar-refractivity contribution in [2.75, 3.05) is 18.1 Å². The van der Waals surface area contributed by atoms with Crippen molar-refractivity contribution in [1.82, 2.24) is 0 Å². The van der Waals surface area contributed by atoms with E-state index in [9.17, 15) is 0 Å². The monoisotopic (exact) mass is 255 g/mol. The second-order valence-electron chi connectivity index (χ2n) is 6.68. The Hall–Kier alpha value is 0.270. The first-order chi connectivity index (χ1) is 8.12. The largest absolute Gasteiger partial charge is 0.374 e. The van der Waals surface area contributed by atoms with E-state index in [-0.39, 0.29) is 5.60 Å². The molecule has 0 bridgehead atoms. The Morgan fingerprint density at radius 2 is 2.12 bits per heavy atom. The average Bonchev–Trinajstić information content (AvgIpc) is 2.88. The predicted molar refractivity (Wildman–Crippen MR) is 73.3 cm³/mol. The van der Waals surface area contributed by atoms with E-state index < -0.39 is 0 Å². The van der Waals surface area contributed by atoms with E-state index in [4.69, 9.17) is 10.5 Å². The van der Waals surface area contributed by atoms with Crippen LogP contribution in [0.2, 0.25) is 0 Å². The Balaban J connectivity index is 1.71. The van der Waals surface area contributed by atoms with Crippen LogP contribution in [-0.2, 0) is 4.74 Å². The van der Waals surface area contributed by atoms with Crippen LogP contribution in [0.15, 0.2) is 0 Å². The fourth-order valence-corrected chi connectivity index (χ4v) is 5.55. The zero-order valence-corrected chi connectivity index (χ0v) is 11.7. The lowest BCUT2D eigenvalue weighted by molar-refractivity contribution is -0.102. The van der Waals surface area contributed by atoms with Gasteiger partial charge in [0.25, 0.3) is 0 Å². The lowest BCUT2D eigenvalue weighted by atomic mass is 9.68. The lowest BCUT2D eigenvalue weighted by Crippen LogP contribution is -2.44. The van der Waals surface area contributed by atoms with Gasteiger partial charge in [0.1, 0.15) is 0 Å². The molecule has 1 aliphatic carbocycles. The smallest absolute Gasteiger partial charge is 0.0783 e. The molecule has 3 fully saturated rings. The molecular formula is C14H25NOS. The molecule has 4 unspecified atom stereocenters. The molecule has 3 heteroatoms. The normalized spacial score (nSPS) is 51.2. The molecule has 0 aromatic heterocycles. The summed E-state index contributed by atoms with van der Waals surface area (Å²) in [6.07, 6.45) is 7.63. The van der Waals surface area contributed by atoms with Crippen molar-refractivity contribution < 1.29 is 4.74 Å². The molecule has 0 aromatic carbocycles. The Kier molecular flexibility index (Phi) is 3.21. The van der Waals surface area contributed by atoms with Gasteiger partial charge in [-0.15, -0.1) is 0 Å². The van der Waals surface area contributed by atoms with Crippen LogP contribution in [0.3, 0.4) is 0 Å². The van der Waals surface area contributed by atoms with Crippen LogP contribution >= 0.6 is 11.8 Å². The number of thioether (sulfide) groups is 1. The number of hydrogen-bond donors (Lipinski definition) is 1. The van der Waals surface area contributed by atoms with Crippen LogP contribution < -0.4 is 5.73 Å². The van der Waals surface area contributed by atoms with Crippen molar-refractivity contribution in [2.24, 2.45) is 17.1 Å². The molecule has 2 saturated heterocycles. The molecule has 1 saturated carbocycles. The summed E-state index contributed by atoms with van der Waals surface area (Å²) in [7, 11) is 0. The predicted octanol–water partition coefficient (Wildman–Crippen LogP) is 2.81. The summed E-state index contributed by atoms with van der Waals surface area (Å²) in [6, 6.07) is 0.455. The third-order valence-electron chi connectivity index (χ3n) is 5.36. The first kappa shape index (κ1) is 12.3. The van der Waals surface area contributed by atoms with Crippen molar-refractivity contribution in [3.63, 3.8) is 0 Å². The first-order valence-electron chi connectivity index (χ1n) is 7.09. The molecular weight excluding hydrogens is 230 g/mol. The van der Waals surface area contributed by atoms with Gasteiger partial charge in [-0.1, -0.05) is 6.92 Å². The van der Waals surface area contributed by atoms with Gasteiger partial charge in [0.15, 0.2) is 0 Å². The molecule has 0 radical (unpaired) electrons. The average molecular weight is 255 g/mol. The van der Waals surface area contributed by atoms with Gasteiger partial charge in [0, 0.05) is 18.4 Å². The SMILES string of the molecule is CC1(C2CCOC3(CCSC3)C2)CCC(N)C1. The van der Waals surface area contributed by atoms with Crippen LogP contribution in [0.1, 0.15) is 45.4 Å². The fraction of sp³-hybridized carbons (Fsp3) is 1.00. The van der Waals surface area contributed by atoms with Gasteiger partial charge in [-0.3, -0.25) is 0 Å². The van der Waals surface area contributed by atoms with Gasteiger partial charge >= 0.3 is 0 Å². The van der Waals surface area contributed by atoms with Crippen LogP contribution in [0.5, 0.6) is 0 Å². The summed E-state index contributed by atoms with van der Waals surface area (Å²) in [5.74, 6) is 3.37. The Morgan fingerprint density at radius 1 is 1.24 bits per heavy atom. The van der Waals surface area contributed by atoms with Crippen molar-refractivity contribution in [3.8, 4) is 0 Å². The van der Waals surface area contributed by atoms with Gasteiger partial charge < -0.3 is 10.5 Å². The van der Waals surface area contributed by atoms with Crippen molar-refractivity contribution in [3.05, 3.63) is 0 Å². The minimum atomic E-state index is 0.239. The Morgan fingerprint density at radius 3 is 2.76 bits per heavy atom. The molecule has 4 atom stereocenters. The van der Waals surface area contributed by atoms with Crippen LogP contribution in [-0.4, -0.2) is 29.8 Å². The van der Waals surface area contributed by atoms with Crippen LogP contribution in [0, 0.1) is 11.3 Å². The number of rotatable bonds is 1. The Bertz CT molecular complexity index is 290. The van der Waals surface area contributed by atoms with Crippen LogP contribution in [0.4, 0.5) is 0 Å². The maximum Gasteiger partial charge on any atom is 0.0783 e. The third kappa shape index (κ3) is 2.26. The summed E-state index contributed by atoms with van der Waals surface area (Å²) < 4.78 is 6.14. The molecule has 17 heavy (non-hydrogen) atoms. The molecule has 0 aromatic rings. The molecule has 2 nitrogen and oxygen atoms in total. The van der Waals surface area contributed by atoms with Gasteiger partial charge in [0.05, 0.1) is 5.60 Å². The maximum absolute atomic E-state index is 6.14. The Labute approximate surface area is 109 Å². The quantitative estimate of drug-likeness (QED) is 0.782. The van der Waals surface area contributed by atoms with E-state index in [0.717, 1.165) is 12.5 Å². The van der Waals surface area contributed by atoms with E-state index in [1.165, 1.54) is 50.0 Å². The minimum Gasteiger partial charge on any atom is -0.374 e. The second kappa shape index (κ2) is 4.43. The highest BCUT2D eigenvalue weighted by molar-refractivity contribution is 7.99. The highest BCUT2D eigenvalue weighted by Gasteiger charge is 2.48. The fourth-order valence-electron chi connectivity index (χ4n) is 4.17. The first-order valence-corrected chi connectivity index (χ1v) is 8.25. The second-order valence-corrected chi connectivity index (χ2v) is 7.79. The van der Waals surface area contributed by atoms with Crippen molar-refractivity contribution in [2.45, 2.75) is 57.1 Å². The third-order valence-corrected chi connectivity index (χ3v) is 6.58. The summed E-state index contributed by atoms with van der Waals surface area (Å²) in [4.78, 5) is 0. The van der Waals surface area contributed by atoms with E-state index >= 15 is 0 Å². The summed E-state index contributed by atoms with van der Waals surface area (Å²) in [5.41, 5.74) is 6.87. The lowest BCUT2D eigenvalue weighted by Gasteiger charge is -2.44. The molecule has 2 heterocycles. The molecule has 98 valence electrons. The van der Waals surface area contributed by atoms with Crippen molar-refractivity contribution >= 4 is 11.8 Å². The van der Waals surface area contributed by atoms with E-state index in [1.807, 2.05) is 0 Å². The van der Waals surface area contributed by atoms with E-state index in [0.29, 0.717) is 11.5 Å². The number of ether oxygens (including phenoxy) is 1. The number of hydrogen-bond acceptors (Lipinski definition) is 3. The zero-order chi connectivity index (χ0) is 11.9. The molecule has 1 spiro atoms. The van der Waals surface area contributed by atoms with Crippen molar-refractivity contribution in [1.29, 1.82) is 0 Å². The molecule has 0 amide bonds.